The Morgan fingerprint density at radius 1 is 1.36 bits per heavy atom. The van der Waals surface area contributed by atoms with E-state index in [0.717, 1.165) is 13.1 Å². The minimum atomic E-state index is -0.491. The smallest absolute Gasteiger partial charge is 0.359 e. The van der Waals surface area contributed by atoms with E-state index >= 15 is 0 Å². The lowest BCUT2D eigenvalue weighted by Crippen LogP contribution is -2.57. The quantitative estimate of drug-likeness (QED) is 0.348. The van der Waals surface area contributed by atoms with Crippen molar-refractivity contribution in [2.75, 3.05) is 24.6 Å². The van der Waals surface area contributed by atoms with E-state index in [9.17, 15) is 9.18 Å². The Labute approximate surface area is 176 Å². The summed E-state index contributed by atoms with van der Waals surface area (Å²) >= 11 is 10.5. The number of aromatic nitrogens is 2. The summed E-state index contributed by atoms with van der Waals surface area (Å²) in [6.45, 7) is 5.53. The first-order valence-electron chi connectivity index (χ1n) is 7.73. The summed E-state index contributed by atoms with van der Waals surface area (Å²) in [6.07, 6.45) is 0. The lowest BCUT2D eigenvalue weighted by atomic mass is 10.1. The minimum Gasteiger partial charge on any atom is -0.487 e. The van der Waals surface area contributed by atoms with Crippen LogP contribution in [0.1, 0.15) is 12.5 Å². The SMILES string of the molecule is Cc1c(F)c2c3c(nc(=O)n(I)c3c1Cl)N1C(C)CN(I)CC1CO2. The lowest BCUT2D eigenvalue weighted by Gasteiger charge is -2.43. The zero-order chi connectivity index (χ0) is 18.0. The fraction of sp³-hybridized carbons (Fsp3) is 0.467. The second kappa shape index (κ2) is 6.34. The summed E-state index contributed by atoms with van der Waals surface area (Å²) < 4.78 is 24.3. The zero-order valence-electron chi connectivity index (χ0n) is 13.4. The predicted molar refractivity (Wildman–Crippen MR) is 112 cm³/mol. The van der Waals surface area contributed by atoms with Crippen LogP contribution in [0.15, 0.2) is 4.79 Å². The van der Waals surface area contributed by atoms with E-state index in [4.69, 9.17) is 16.3 Å². The van der Waals surface area contributed by atoms with Gasteiger partial charge in [-0.25, -0.2) is 15.1 Å². The highest BCUT2D eigenvalue weighted by molar-refractivity contribution is 14.1. The van der Waals surface area contributed by atoms with Crippen molar-refractivity contribution in [3.63, 3.8) is 0 Å². The normalized spacial score (nSPS) is 23.4. The van der Waals surface area contributed by atoms with Gasteiger partial charge in [0.05, 0.1) is 44.8 Å². The Morgan fingerprint density at radius 2 is 2.08 bits per heavy atom. The number of benzene rings is 1. The van der Waals surface area contributed by atoms with Crippen molar-refractivity contribution in [1.82, 2.24) is 10.9 Å². The summed E-state index contributed by atoms with van der Waals surface area (Å²) in [6, 6.07) is 0.0835. The van der Waals surface area contributed by atoms with E-state index in [1.54, 1.807) is 6.92 Å². The van der Waals surface area contributed by atoms with E-state index in [2.05, 4.69) is 42.8 Å². The molecule has 4 rings (SSSR count). The van der Waals surface area contributed by atoms with Crippen LogP contribution in [0, 0.1) is 12.7 Å². The topological polar surface area (TPSA) is 50.6 Å². The molecule has 1 aromatic carbocycles. The molecular weight excluding hydrogens is 576 g/mol. The van der Waals surface area contributed by atoms with Crippen molar-refractivity contribution in [2.45, 2.75) is 25.9 Å². The highest BCUT2D eigenvalue weighted by Crippen LogP contribution is 2.44. The number of halogens is 4. The molecule has 0 radical (unpaired) electrons. The number of fused-ring (bicyclic) bond motifs is 2. The molecule has 1 aromatic heterocycles. The van der Waals surface area contributed by atoms with Crippen LogP contribution in [0.4, 0.5) is 10.2 Å². The highest BCUT2D eigenvalue weighted by Gasteiger charge is 2.38. The molecule has 2 aliphatic heterocycles. The van der Waals surface area contributed by atoms with Gasteiger partial charge in [-0.2, -0.15) is 4.98 Å². The molecule has 0 bridgehead atoms. The molecule has 3 heterocycles. The van der Waals surface area contributed by atoms with Crippen molar-refractivity contribution in [1.29, 1.82) is 0 Å². The molecule has 2 aromatic rings. The molecule has 134 valence electrons. The monoisotopic (exact) mass is 590 g/mol. The van der Waals surface area contributed by atoms with Gasteiger partial charge < -0.3 is 9.64 Å². The molecule has 0 N–H and O–H groups in total. The maximum absolute atomic E-state index is 14.9. The summed E-state index contributed by atoms with van der Waals surface area (Å²) in [7, 11) is 0. The lowest BCUT2D eigenvalue weighted by molar-refractivity contribution is 0.230. The average molecular weight is 591 g/mol. The van der Waals surface area contributed by atoms with Crippen LogP contribution in [0.5, 0.6) is 5.75 Å². The molecule has 1 saturated heterocycles. The van der Waals surface area contributed by atoms with Gasteiger partial charge in [-0.1, -0.05) is 11.6 Å². The molecule has 0 spiro atoms. The summed E-state index contributed by atoms with van der Waals surface area (Å²) in [5.41, 5.74) is 0.303. The van der Waals surface area contributed by atoms with Crippen molar-refractivity contribution >= 4 is 74.1 Å². The van der Waals surface area contributed by atoms with E-state index in [1.807, 2.05) is 22.9 Å². The molecule has 10 heteroatoms. The van der Waals surface area contributed by atoms with Gasteiger partial charge >= 0.3 is 5.69 Å². The first kappa shape index (κ1) is 18.0. The van der Waals surface area contributed by atoms with E-state index in [1.165, 1.54) is 2.78 Å². The van der Waals surface area contributed by atoms with Gasteiger partial charge in [0.15, 0.2) is 11.6 Å². The highest BCUT2D eigenvalue weighted by atomic mass is 127. The summed E-state index contributed by atoms with van der Waals surface area (Å²) in [4.78, 5) is 18.8. The molecule has 25 heavy (non-hydrogen) atoms. The standard InChI is InChI=1S/C15H14ClFI2N4O2/c1-6-3-21(18)4-8-5-25-13-9-12(10(16)7(2)11(13)17)23(19)15(24)20-14(9)22(6)8/h6,8H,3-5H2,1-2H3. The van der Waals surface area contributed by atoms with Gasteiger partial charge in [0, 0.05) is 47.6 Å². The van der Waals surface area contributed by atoms with Gasteiger partial charge in [-0.05, 0) is 13.8 Å². The van der Waals surface area contributed by atoms with Crippen LogP contribution in [0.25, 0.3) is 10.9 Å². The van der Waals surface area contributed by atoms with Crippen molar-refractivity contribution in [3.8, 4) is 5.75 Å². The third-order valence-corrected chi connectivity index (χ3v) is 6.87. The predicted octanol–water partition coefficient (Wildman–Crippen LogP) is 3.32. The maximum atomic E-state index is 14.9. The Hall–Kier alpha value is -0.400. The van der Waals surface area contributed by atoms with Gasteiger partial charge in [0.25, 0.3) is 0 Å². The molecule has 0 amide bonds. The molecule has 2 aliphatic rings. The number of piperazine rings is 1. The van der Waals surface area contributed by atoms with Crippen LogP contribution in [-0.2, 0) is 0 Å². The fourth-order valence-corrected chi connectivity index (χ4v) is 5.61. The molecule has 1 fully saturated rings. The first-order valence-corrected chi connectivity index (χ1v) is 10.0. The Kier molecular flexibility index (Phi) is 4.56. The average Bonchev–Trinajstić information content (AvgIpc) is 2.70. The Morgan fingerprint density at radius 3 is 2.80 bits per heavy atom. The van der Waals surface area contributed by atoms with Gasteiger partial charge in [-0.3, -0.25) is 0 Å². The van der Waals surface area contributed by atoms with Crippen molar-refractivity contribution in [3.05, 3.63) is 26.9 Å². The number of hydrogen-bond donors (Lipinski definition) is 0. The molecule has 2 atom stereocenters. The summed E-state index contributed by atoms with van der Waals surface area (Å²) in [5.74, 6) is 0.101. The number of anilines is 1. The van der Waals surface area contributed by atoms with Gasteiger partial charge in [0.1, 0.15) is 12.4 Å². The molecule has 0 aliphatic carbocycles. The number of hydrogen-bond acceptors (Lipinski definition) is 5. The van der Waals surface area contributed by atoms with Crippen LogP contribution < -0.4 is 15.3 Å². The Balaban J connectivity index is 2.13. The minimum absolute atomic E-state index is 0.0216. The van der Waals surface area contributed by atoms with Gasteiger partial charge in [-0.15, -0.1) is 0 Å². The number of ether oxygens (including phenoxy) is 1. The Bertz CT molecular complexity index is 954. The van der Waals surface area contributed by atoms with Crippen LogP contribution >= 0.6 is 57.3 Å². The number of nitrogens with zero attached hydrogens (tertiary/aromatic N) is 4. The van der Waals surface area contributed by atoms with Gasteiger partial charge in [0.2, 0.25) is 0 Å². The first-order chi connectivity index (χ1) is 11.8. The fourth-order valence-electron chi connectivity index (χ4n) is 3.59. The van der Waals surface area contributed by atoms with Crippen LogP contribution in [0.2, 0.25) is 5.02 Å². The molecule has 2 unspecified atom stereocenters. The van der Waals surface area contributed by atoms with Crippen LogP contribution in [-0.4, -0.2) is 42.7 Å². The van der Waals surface area contributed by atoms with E-state index in [-0.39, 0.29) is 28.4 Å². The third-order valence-electron chi connectivity index (χ3n) is 4.72. The largest absolute Gasteiger partial charge is 0.487 e. The summed E-state index contributed by atoms with van der Waals surface area (Å²) in [5, 5.41) is 0.687. The van der Waals surface area contributed by atoms with E-state index in [0.29, 0.717) is 23.3 Å². The molecule has 6 nitrogen and oxygen atoms in total. The van der Waals surface area contributed by atoms with E-state index < -0.39 is 11.5 Å². The van der Waals surface area contributed by atoms with Crippen molar-refractivity contribution in [2.24, 2.45) is 0 Å². The van der Waals surface area contributed by atoms with Crippen molar-refractivity contribution < 1.29 is 9.13 Å². The molecular formula is C15H14ClFI2N4O2. The van der Waals surface area contributed by atoms with Crippen LogP contribution in [0.3, 0.4) is 0 Å². The third kappa shape index (κ3) is 2.64. The second-order valence-electron chi connectivity index (χ2n) is 6.35. The zero-order valence-corrected chi connectivity index (χ0v) is 18.5. The number of rotatable bonds is 0. The molecule has 0 saturated carbocycles. The maximum Gasteiger partial charge on any atom is 0.359 e. The second-order valence-corrected chi connectivity index (χ2v) is 9.06.